The molecule has 0 radical (unpaired) electrons. The van der Waals surface area contributed by atoms with Gasteiger partial charge < -0.3 is 0 Å². The third kappa shape index (κ3) is 3.08. The number of benzene rings is 8. The Labute approximate surface area is 264 Å². The van der Waals surface area contributed by atoms with Gasteiger partial charge in [-0.25, -0.2) is 0 Å². The fraction of sp³-hybridized carbons (Fsp3) is 0.156. The number of rotatable bonds is 1. The van der Waals surface area contributed by atoms with Gasteiger partial charge in [0.25, 0.3) is 0 Å². The SMILES string of the molecule is Cc1cc2c(c3ccccc13)-c1cc3c(cc1C2(C)C)-c1c(cc2ccc4cc(-c5ccccc5)cc5ccc1c2c45)C3(C)C. The van der Waals surface area contributed by atoms with E-state index in [-0.39, 0.29) is 10.8 Å². The molecule has 0 nitrogen and oxygen atoms in total. The summed E-state index contributed by atoms with van der Waals surface area (Å²) in [4.78, 5) is 0. The molecule has 0 unspecified atom stereocenters. The molecular formula is C45H34. The zero-order valence-electron chi connectivity index (χ0n) is 26.5. The van der Waals surface area contributed by atoms with E-state index in [1.807, 2.05) is 0 Å². The minimum Gasteiger partial charge on any atom is -0.0622 e. The zero-order chi connectivity index (χ0) is 30.4. The molecule has 2 aliphatic carbocycles. The van der Waals surface area contributed by atoms with Gasteiger partial charge in [-0.1, -0.05) is 113 Å². The van der Waals surface area contributed by atoms with Crippen LogP contribution in [-0.4, -0.2) is 0 Å². The van der Waals surface area contributed by atoms with Crippen molar-refractivity contribution in [3.63, 3.8) is 0 Å². The van der Waals surface area contributed by atoms with Crippen molar-refractivity contribution in [2.45, 2.75) is 45.4 Å². The van der Waals surface area contributed by atoms with Gasteiger partial charge in [-0.2, -0.15) is 0 Å². The smallest absolute Gasteiger partial charge is 0.0159 e. The van der Waals surface area contributed by atoms with Crippen molar-refractivity contribution in [1.82, 2.24) is 0 Å². The lowest BCUT2D eigenvalue weighted by molar-refractivity contribution is 0.652. The van der Waals surface area contributed by atoms with E-state index in [1.165, 1.54) is 104 Å². The average molecular weight is 575 g/mol. The van der Waals surface area contributed by atoms with Crippen molar-refractivity contribution in [3.05, 3.63) is 143 Å². The molecular weight excluding hydrogens is 540 g/mol. The second-order valence-electron chi connectivity index (χ2n) is 14.6. The molecule has 10 rings (SSSR count). The Morgan fingerprint density at radius 2 is 0.933 bits per heavy atom. The van der Waals surface area contributed by atoms with Crippen molar-refractivity contribution in [2.24, 2.45) is 0 Å². The molecule has 8 aromatic carbocycles. The van der Waals surface area contributed by atoms with Crippen LogP contribution < -0.4 is 0 Å². The largest absolute Gasteiger partial charge is 0.0622 e. The average Bonchev–Trinajstić information content (AvgIpc) is 3.41. The molecule has 0 heterocycles. The molecule has 0 N–H and O–H groups in total. The van der Waals surface area contributed by atoms with E-state index in [0.29, 0.717) is 0 Å². The Morgan fingerprint density at radius 3 is 1.60 bits per heavy atom. The fourth-order valence-electron chi connectivity index (χ4n) is 9.15. The number of fused-ring (bicyclic) bond motifs is 9. The number of aryl methyl sites for hydroxylation is 1. The van der Waals surface area contributed by atoms with E-state index in [0.717, 1.165) is 0 Å². The van der Waals surface area contributed by atoms with Crippen LogP contribution in [0.3, 0.4) is 0 Å². The lowest BCUT2D eigenvalue weighted by Gasteiger charge is -2.24. The third-order valence-corrected chi connectivity index (χ3v) is 11.5. The molecule has 45 heavy (non-hydrogen) atoms. The van der Waals surface area contributed by atoms with Crippen LogP contribution in [-0.2, 0) is 10.8 Å². The standard InChI is InChI=1S/C45H34/c1-25-19-38-42(32-14-10-9-13-31(25)32)34-23-37-35(24-36(34)44(38,2)3)43-33-18-17-28-21-30(26-11-7-6-8-12-26)20-27-15-16-29(41(33)40(27)28)22-39(43)45(37,4)5/h6-24H,1-5H3. The van der Waals surface area contributed by atoms with E-state index >= 15 is 0 Å². The van der Waals surface area contributed by atoms with Gasteiger partial charge in [0.05, 0.1) is 0 Å². The first-order chi connectivity index (χ1) is 21.7. The van der Waals surface area contributed by atoms with Crippen molar-refractivity contribution in [2.75, 3.05) is 0 Å². The topological polar surface area (TPSA) is 0 Å². The van der Waals surface area contributed by atoms with E-state index in [1.54, 1.807) is 0 Å². The Kier molecular flexibility index (Phi) is 4.63. The molecule has 0 bridgehead atoms. The summed E-state index contributed by atoms with van der Waals surface area (Å²) >= 11 is 0. The summed E-state index contributed by atoms with van der Waals surface area (Å²) in [6.45, 7) is 12.0. The highest BCUT2D eigenvalue weighted by Crippen LogP contribution is 2.59. The Balaban J connectivity index is 1.27. The highest BCUT2D eigenvalue weighted by Gasteiger charge is 2.43. The van der Waals surface area contributed by atoms with Gasteiger partial charge in [0, 0.05) is 10.8 Å². The second-order valence-corrected chi connectivity index (χ2v) is 14.6. The van der Waals surface area contributed by atoms with Crippen molar-refractivity contribution in [3.8, 4) is 33.4 Å². The predicted molar refractivity (Wildman–Crippen MR) is 193 cm³/mol. The monoisotopic (exact) mass is 574 g/mol. The fourth-order valence-corrected chi connectivity index (χ4v) is 9.15. The van der Waals surface area contributed by atoms with Gasteiger partial charge in [-0.15, -0.1) is 0 Å². The number of hydrogen-bond donors (Lipinski definition) is 0. The maximum Gasteiger partial charge on any atom is 0.0159 e. The summed E-state index contributed by atoms with van der Waals surface area (Å²) in [6.07, 6.45) is 0. The highest BCUT2D eigenvalue weighted by atomic mass is 14.5. The van der Waals surface area contributed by atoms with Crippen LogP contribution in [0.25, 0.3) is 76.5 Å². The van der Waals surface area contributed by atoms with Crippen LogP contribution in [0.1, 0.15) is 55.5 Å². The van der Waals surface area contributed by atoms with Crippen LogP contribution in [0.15, 0.2) is 115 Å². The summed E-state index contributed by atoms with van der Waals surface area (Å²) in [5, 5.41) is 10.9. The molecule has 0 saturated carbocycles. The maximum atomic E-state index is 2.58. The van der Waals surface area contributed by atoms with Gasteiger partial charge in [-0.05, 0) is 142 Å². The van der Waals surface area contributed by atoms with E-state index in [9.17, 15) is 0 Å². The van der Waals surface area contributed by atoms with Crippen LogP contribution in [0.5, 0.6) is 0 Å². The summed E-state index contributed by atoms with van der Waals surface area (Å²) in [5.41, 5.74) is 15.2. The Morgan fingerprint density at radius 1 is 0.400 bits per heavy atom. The molecule has 2 aliphatic rings. The van der Waals surface area contributed by atoms with Crippen molar-refractivity contribution >= 4 is 43.1 Å². The number of hydrogen-bond acceptors (Lipinski definition) is 0. The van der Waals surface area contributed by atoms with Crippen LogP contribution >= 0.6 is 0 Å². The summed E-state index contributed by atoms with van der Waals surface area (Å²) < 4.78 is 0. The summed E-state index contributed by atoms with van der Waals surface area (Å²) in [7, 11) is 0. The molecule has 0 aliphatic heterocycles. The predicted octanol–water partition coefficient (Wildman–Crippen LogP) is 12.3. The third-order valence-electron chi connectivity index (χ3n) is 11.5. The van der Waals surface area contributed by atoms with Gasteiger partial charge in [0.15, 0.2) is 0 Å². The van der Waals surface area contributed by atoms with Crippen LogP contribution in [0, 0.1) is 6.92 Å². The first kappa shape index (κ1) is 25.4. The lowest BCUT2D eigenvalue weighted by atomic mass is 9.79. The van der Waals surface area contributed by atoms with Crippen molar-refractivity contribution in [1.29, 1.82) is 0 Å². The molecule has 0 atom stereocenters. The van der Waals surface area contributed by atoms with Crippen LogP contribution in [0.2, 0.25) is 0 Å². The molecule has 0 amide bonds. The molecule has 0 spiro atoms. The first-order valence-corrected chi connectivity index (χ1v) is 16.3. The zero-order valence-corrected chi connectivity index (χ0v) is 26.5. The minimum atomic E-state index is -0.0992. The quantitative estimate of drug-likeness (QED) is 0.171. The molecule has 0 heteroatoms. The van der Waals surface area contributed by atoms with E-state index in [2.05, 4.69) is 150 Å². The highest BCUT2D eigenvalue weighted by molar-refractivity contribution is 6.27. The minimum absolute atomic E-state index is 0.0704. The molecule has 214 valence electrons. The van der Waals surface area contributed by atoms with Gasteiger partial charge >= 0.3 is 0 Å². The van der Waals surface area contributed by atoms with Gasteiger partial charge in [0.1, 0.15) is 0 Å². The Bertz CT molecular complexity index is 2560. The van der Waals surface area contributed by atoms with Crippen molar-refractivity contribution < 1.29 is 0 Å². The summed E-state index contributed by atoms with van der Waals surface area (Å²) in [5.74, 6) is 0. The normalized spacial score (nSPS) is 15.6. The first-order valence-electron chi connectivity index (χ1n) is 16.3. The molecule has 0 saturated heterocycles. The Hall–Kier alpha value is -4.94. The maximum absolute atomic E-state index is 2.58. The van der Waals surface area contributed by atoms with Crippen LogP contribution in [0.4, 0.5) is 0 Å². The molecule has 0 fully saturated rings. The summed E-state index contributed by atoms with van der Waals surface area (Å²) in [6, 6.07) is 44.1. The van der Waals surface area contributed by atoms with Gasteiger partial charge in [-0.3, -0.25) is 0 Å². The lowest BCUT2D eigenvalue weighted by Crippen LogP contribution is -2.17. The van der Waals surface area contributed by atoms with E-state index in [4.69, 9.17) is 0 Å². The second kappa shape index (κ2) is 8.20. The molecule has 8 aromatic rings. The van der Waals surface area contributed by atoms with E-state index < -0.39 is 0 Å². The van der Waals surface area contributed by atoms with Gasteiger partial charge in [0.2, 0.25) is 0 Å². The molecule has 0 aromatic heterocycles.